The molecule has 3 nitrogen and oxygen atoms in total. The quantitative estimate of drug-likeness (QED) is 0.724. The summed E-state index contributed by atoms with van der Waals surface area (Å²) in [6.45, 7) is 2.13. The van der Waals surface area contributed by atoms with Crippen LogP contribution in [-0.4, -0.2) is 12.5 Å². The Morgan fingerprint density at radius 2 is 1.96 bits per heavy atom. The summed E-state index contributed by atoms with van der Waals surface area (Å²) in [5, 5.41) is 6.01. The molecule has 0 unspecified atom stereocenters. The number of benzene rings is 2. The second-order valence-corrected chi connectivity index (χ2v) is 6.42. The zero-order valence-electron chi connectivity index (χ0n) is 12.6. The van der Waals surface area contributed by atoms with Gasteiger partial charge in [-0.1, -0.05) is 46.6 Å². The molecule has 0 saturated carbocycles. The molecule has 1 amide bonds. The molecule has 0 aliphatic rings. The molecule has 122 valence electrons. The number of nitrogens with one attached hydrogen (secondary N) is 2. The van der Waals surface area contributed by atoms with Gasteiger partial charge < -0.3 is 10.6 Å². The zero-order chi connectivity index (χ0) is 16.8. The maximum absolute atomic E-state index is 13.7. The maximum atomic E-state index is 13.7. The Morgan fingerprint density at radius 1 is 1.26 bits per heavy atom. The number of amides is 1. The van der Waals surface area contributed by atoms with Crippen LogP contribution in [0.3, 0.4) is 0 Å². The van der Waals surface area contributed by atoms with Gasteiger partial charge in [-0.3, -0.25) is 4.79 Å². The molecule has 0 aromatic heterocycles. The van der Waals surface area contributed by atoms with Gasteiger partial charge in [-0.05, 0) is 42.3 Å². The fraction of sp³-hybridized carbons (Fsp3) is 0.235. The topological polar surface area (TPSA) is 41.1 Å². The SMILES string of the molecule is CC[C@@H](NCC(=O)Nc1ccc(Cl)cc1F)c1ccc(Br)cc1. The van der Waals surface area contributed by atoms with Crippen LogP contribution in [0.25, 0.3) is 0 Å². The number of hydrogen-bond donors (Lipinski definition) is 2. The van der Waals surface area contributed by atoms with E-state index in [1.165, 1.54) is 18.2 Å². The van der Waals surface area contributed by atoms with Gasteiger partial charge >= 0.3 is 0 Å². The van der Waals surface area contributed by atoms with Crippen LogP contribution in [0.1, 0.15) is 24.9 Å². The van der Waals surface area contributed by atoms with Crippen molar-refractivity contribution in [3.63, 3.8) is 0 Å². The highest BCUT2D eigenvalue weighted by atomic mass is 79.9. The van der Waals surface area contributed by atoms with E-state index in [4.69, 9.17) is 11.6 Å². The fourth-order valence-electron chi connectivity index (χ4n) is 2.19. The van der Waals surface area contributed by atoms with Crippen LogP contribution in [0.2, 0.25) is 5.02 Å². The zero-order valence-corrected chi connectivity index (χ0v) is 14.9. The summed E-state index contributed by atoms with van der Waals surface area (Å²) in [7, 11) is 0. The largest absolute Gasteiger partial charge is 0.322 e. The van der Waals surface area contributed by atoms with E-state index in [1.807, 2.05) is 31.2 Å². The fourth-order valence-corrected chi connectivity index (χ4v) is 2.62. The molecule has 0 saturated heterocycles. The predicted molar refractivity (Wildman–Crippen MR) is 95.2 cm³/mol. The first kappa shape index (κ1) is 17.9. The van der Waals surface area contributed by atoms with E-state index < -0.39 is 5.82 Å². The lowest BCUT2D eigenvalue weighted by Crippen LogP contribution is -2.31. The summed E-state index contributed by atoms with van der Waals surface area (Å²) < 4.78 is 14.7. The van der Waals surface area contributed by atoms with Crippen molar-refractivity contribution in [2.45, 2.75) is 19.4 Å². The average molecular weight is 400 g/mol. The number of anilines is 1. The number of carbonyl (C=O) groups is 1. The van der Waals surface area contributed by atoms with Crippen LogP contribution >= 0.6 is 27.5 Å². The standard InChI is InChI=1S/C17H17BrClFN2O/c1-2-15(11-3-5-12(18)6-4-11)21-10-17(23)22-16-8-7-13(19)9-14(16)20/h3-9,15,21H,2,10H2,1H3,(H,22,23)/t15-/m1/s1. The molecule has 23 heavy (non-hydrogen) atoms. The normalized spacial score (nSPS) is 12.0. The van der Waals surface area contributed by atoms with Crippen molar-refractivity contribution in [1.82, 2.24) is 5.32 Å². The molecule has 0 aliphatic heterocycles. The van der Waals surface area contributed by atoms with Crippen molar-refractivity contribution in [3.8, 4) is 0 Å². The van der Waals surface area contributed by atoms with E-state index in [2.05, 4.69) is 26.6 Å². The summed E-state index contributed by atoms with van der Waals surface area (Å²) in [6.07, 6.45) is 0.838. The van der Waals surface area contributed by atoms with Gasteiger partial charge in [0, 0.05) is 15.5 Å². The van der Waals surface area contributed by atoms with Crippen molar-refractivity contribution in [2.75, 3.05) is 11.9 Å². The smallest absolute Gasteiger partial charge is 0.238 e. The molecule has 2 aromatic carbocycles. The highest BCUT2D eigenvalue weighted by Crippen LogP contribution is 2.20. The van der Waals surface area contributed by atoms with Crippen molar-refractivity contribution >= 4 is 39.1 Å². The van der Waals surface area contributed by atoms with Gasteiger partial charge in [-0.2, -0.15) is 0 Å². The van der Waals surface area contributed by atoms with E-state index in [9.17, 15) is 9.18 Å². The second-order valence-electron chi connectivity index (χ2n) is 5.07. The predicted octanol–water partition coefficient (Wildman–Crippen LogP) is 4.92. The van der Waals surface area contributed by atoms with Crippen LogP contribution in [0.4, 0.5) is 10.1 Å². The molecule has 6 heteroatoms. The minimum Gasteiger partial charge on any atom is -0.322 e. The highest BCUT2D eigenvalue weighted by molar-refractivity contribution is 9.10. The van der Waals surface area contributed by atoms with E-state index in [-0.39, 0.29) is 24.2 Å². The third kappa shape index (κ3) is 5.30. The molecular formula is C17H17BrClFN2O. The van der Waals surface area contributed by atoms with Gasteiger partial charge in [0.05, 0.1) is 12.2 Å². The molecule has 0 radical (unpaired) electrons. The molecule has 2 N–H and O–H groups in total. The van der Waals surface area contributed by atoms with Crippen LogP contribution in [-0.2, 0) is 4.79 Å². The Kier molecular flexibility index (Phi) is 6.57. The van der Waals surface area contributed by atoms with E-state index in [0.717, 1.165) is 16.5 Å². The molecular weight excluding hydrogens is 383 g/mol. The van der Waals surface area contributed by atoms with Gasteiger partial charge in [0.1, 0.15) is 5.82 Å². The van der Waals surface area contributed by atoms with Gasteiger partial charge in [0.15, 0.2) is 0 Å². The summed E-state index contributed by atoms with van der Waals surface area (Å²) in [5.41, 5.74) is 1.22. The third-order valence-electron chi connectivity index (χ3n) is 3.39. The van der Waals surface area contributed by atoms with Gasteiger partial charge in [0.2, 0.25) is 5.91 Å². The van der Waals surface area contributed by atoms with Gasteiger partial charge in [0.25, 0.3) is 0 Å². The molecule has 0 aliphatic carbocycles. The maximum Gasteiger partial charge on any atom is 0.238 e. The minimum absolute atomic E-state index is 0.0592. The Morgan fingerprint density at radius 3 is 2.57 bits per heavy atom. The van der Waals surface area contributed by atoms with Gasteiger partial charge in [-0.25, -0.2) is 4.39 Å². The Balaban J connectivity index is 1.93. The van der Waals surface area contributed by atoms with E-state index in [0.29, 0.717) is 5.02 Å². The van der Waals surface area contributed by atoms with E-state index in [1.54, 1.807) is 0 Å². The average Bonchev–Trinajstić information content (AvgIpc) is 2.52. The third-order valence-corrected chi connectivity index (χ3v) is 4.16. The number of carbonyl (C=O) groups excluding carboxylic acids is 1. The minimum atomic E-state index is -0.550. The lowest BCUT2D eigenvalue weighted by molar-refractivity contribution is -0.115. The first-order valence-electron chi connectivity index (χ1n) is 7.23. The van der Waals surface area contributed by atoms with Crippen molar-refractivity contribution in [1.29, 1.82) is 0 Å². The van der Waals surface area contributed by atoms with Crippen LogP contribution in [0.5, 0.6) is 0 Å². The number of rotatable bonds is 6. The first-order valence-corrected chi connectivity index (χ1v) is 8.40. The summed E-state index contributed by atoms with van der Waals surface area (Å²) in [4.78, 5) is 12.0. The molecule has 2 rings (SSSR count). The monoisotopic (exact) mass is 398 g/mol. The summed E-state index contributed by atoms with van der Waals surface area (Å²) in [6, 6.07) is 12.1. The van der Waals surface area contributed by atoms with Crippen molar-refractivity contribution < 1.29 is 9.18 Å². The van der Waals surface area contributed by atoms with Crippen LogP contribution in [0.15, 0.2) is 46.9 Å². The Bertz CT molecular complexity index is 679. The number of halogens is 3. The first-order chi connectivity index (χ1) is 11.0. The molecule has 0 fully saturated rings. The van der Waals surface area contributed by atoms with Crippen molar-refractivity contribution in [2.24, 2.45) is 0 Å². The lowest BCUT2D eigenvalue weighted by Gasteiger charge is -2.17. The molecule has 2 aromatic rings. The molecule has 0 bridgehead atoms. The molecule has 1 atom stereocenters. The highest BCUT2D eigenvalue weighted by Gasteiger charge is 2.12. The van der Waals surface area contributed by atoms with Crippen molar-refractivity contribution in [3.05, 3.63) is 63.3 Å². The Hall–Kier alpha value is -1.43. The second kappa shape index (κ2) is 8.43. The summed E-state index contributed by atoms with van der Waals surface area (Å²) in [5.74, 6) is -0.854. The Labute approximate surface area is 148 Å². The summed E-state index contributed by atoms with van der Waals surface area (Å²) >= 11 is 9.08. The molecule has 0 spiro atoms. The van der Waals surface area contributed by atoms with Crippen LogP contribution in [0, 0.1) is 5.82 Å². The van der Waals surface area contributed by atoms with E-state index >= 15 is 0 Å². The number of hydrogen-bond acceptors (Lipinski definition) is 2. The lowest BCUT2D eigenvalue weighted by atomic mass is 10.0. The van der Waals surface area contributed by atoms with Gasteiger partial charge in [-0.15, -0.1) is 0 Å². The molecule has 0 heterocycles. The van der Waals surface area contributed by atoms with Crippen LogP contribution < -0.4 is 10.6 Å².